The molecule has 0 amide bonds. The maximum Gasteiger partial charge on any atom is 0.252 e. The fourth-order valence-electron chi connectivity index (χ4n) is 14.9. The summed E-state index contributed by atoms with van der Waals surface area (Å²) in [5, 5.41) is 1.09. The lowest BCUT2D eigenvalue weighted by Gasteiger charge is -2.45. The highest BCUT2D eigenvalue weighted by Gasteiger charge is 2.45. The van der Waals surface area contributed by atoms with E-state index in [1.54, 1.807) is 12.1 Å². The molecule has 0 radical (unpaired) electrons. The molecular weight excluding hydrogens is 1200 g/mol. The Morgan fingerprint density at radius 1 is 0.293 bits per heavy atom. The van der Waals surface area contributed by atoms with Crippen molar-refractivity contribution in [3.63, 3.8) is 0 Å². The van der Waals surface area contributed by atoms with E-state index in [1.807, 2.05) is 54.6 Å². The van der Waals surface area contributed by atoms with Gasteiger partial charge in [-0.1, -0.05) is 295 Å². The molecule has 2 aliphatic heterocycles. The smallest absolute Gasteiger partial charge is 0.252 e. The Bertz CT molecular complexity index is 6330. The highest BCUT2D eigenvalue weighted by atomic mass is 16.3. The number of hydrogen-bond acceptors (Lipinski definition) is 3. The van der Waals surface area contributed by atoms with Crippen LogP contribution in [0, 0.1) is 0 Å². The molecule has 0 aliphatic carbocycles. The van der Waals surface area contributed by atoms with E-state index in [1.165, 1.54) is 15.7 Å². The van der Waals surface area contributed by atoms with Crippen LogP contribution in [-0.2, 0) is 21.7 Å². The Kier molecular flexibility index (Phi) is 11.3. The van der Waals surface area contributed by atoms with Gasteiger partial charge in [0.2, 0.25) is 0 Å². The molecule has 0 saturated carbocycles. The van der Waals surface area contributed by atoms with Gasteiger partial charge in [-0.25, -0.2) is 0 Å². The molecule has 4 nitrogen and oxygen atoms in total. The molecule has 0 fully saturated rings. The summed E-state index contributed by atoms with van der Waals surface area (Å²) >= 11 is 0. The first-order valence-electron chi connectivity index (χ1n) is 40.7. The van der Waals surface area contributed by atoms with E-state index in [0.29, 0.717) is 33.3 Å². The maximum atomic E-state index is 9.58. The third kappa shape index (κ3) is 10.5. The van der Waals surface area contributed by atoms with Crippen LogP contribution in [0.1, 0.15) is 123 Å². The SMILES string of the molecule is [2H]c1c([2H])c([2H])c(-c2ccc3c(c2)N(c2cccc4c2oc2c(-n5c6c([2H])c([2H])c([2H])c([2H])c6c6c([2H])c([2H])c([2H])c([2H])c65)cccc24)c2cc(-c4cc(C(C)(C)C)cc(C(C)(C)C)c4)cc4c2B3c2ccc(-c3cc(C(C)(C)C)cc(C(C)(C)C)c3)cc2N4c2cc(-c3ccccc3)cc(-c3ccccc3)c2)c([2H])c1[2H]. The number of benzene rings is 13. The molecule has 2 aromatic heterocycles. The molecule has 0 spiro atoms. The lowest BCUT2D eigenvalue weighted by atomic mass is 9.33. The molecule has 0 N–H and O–H groups in total. The van der Waals surface area contributed by atoms with Gasteiger partial charge >= 0.3 is 0 Å². The standard InChI is InChI=1S/C94H82BN3O/c1-91(2,3)69-47-66(48-70(57-69)92(4,5)6)63-43-45-78-84(54-63)96(73-51-64(60-30-18-14-19-31-60)46-65(52-73)61-32-20-15-21-33-61)86-55-68(67-49-71(93(7,8)9)58-72(50-67)94(10,11)12)56-87-88(86)95(78)79-44-42-62(59-28-16-13-17-29-59)53-85(79)98(87)83-41-27-37-77-76-36-26-40-82(89(76)99-90(77)83)97-80-38-24-22-34-74(80)75-35-23-25-39-81(75)97/h13-58H,1-12H3/i13D,16D,17D,22D,23D,24D,25D,28D,29D,34D,35D,38D,39D. The van der Waals surface area contributed by atoms with Crippen molar-refractivity contribution in [2.75, 3.05) is 9.80 Å². The summed E-state index contributed by atoms with van der Waals surface area (Å²) in [6, 6.07) is 64.4. The van der Waals surface area contributed by atoms with Gasteiger partial charge in [0.25, 0.3) is 6.71 Å². The molecule has 13 aromatic carbocycles. The largest absolute Gasteiger partial charge is 0.452 e. The molecule has 0 bridgehead atoms. The second-order valence-corrected chi connectivity index (χ2v) is 30.9. The zero-order valence-corrected chi connectivity index (χ0v) is 57.9. The third-order valence-electron chi connectivity index (χ3n) is 20.2. The first-order chi connectivity index (χ1) is 53.0. The summed E-state index contributed by atoms with van der Waals surface area (Å²) in [5.41, 5.74) is 20.3. The predicted octanol–water partition coefficient (Wildman–Crippen LogP) is 24.3. The van der Waals surface area contributed by atoms with Gasteiger partial charge in [0.15, 0.2) is 11.2 Å². The van der Waals surface area contributed by atoms with Gasteiger partial charge in [0.1, 0.15) is 0 Å². The summed E-state index contributed by atoms with van der Waals surface area (Å²) in [6.45, 7) is 26.5. The van der Waals surface area contributed by atoms with Gasteiger partial charge in [-0.3, -0.25) is 0 Å². The molecule has 2 aliphatic rings. The number of furan rings is 1. The fourth-order valence-corrected chi connectivity index (χ4v) is 14.9. The van der Waals surface area contributed by atoms with Crippen LogP contribution in [0.2, 0.25) is 0 Å². The van der Waals surface area contributed by atoms with Crippen LogP contribution >= 0.6 is 0 Å². The van der Waals surface area contributed by atoms with E-state index in [0.717, 1.165) is 94.8 Å². The van der Waals surface area contributed by atoms with Crippen molar-refractivity contribution in [3.8, 4) is 61.3 Å². The predicted molar refractivity (Wildman–Crippen MR) is 424 cm³/mol. The minimum atomic E-state index is -0.553. The molecule has 0 atom stereocenters. The second kappa shape index (κ2) is 22.9. The Balaban J connectivity index is 1.04. The van der Waals surface area contributed by atoms with Crippen LogP contribution in [-0.4, -0.2) is 11.3 Å². The van der Waals surface area contributed by atoms with Gasteiger partial charge in [0.05, 0.1) is 40.2 Å². The topological polar surface area (TPSA) is 24.6 Å². The van der Waals surface area contributed by atoms with Crippen LogP contribution in [0.5, 0.6) is 0 Å². The third-order valence-corrected chi connectivity index (χ3v) is 20.2. The molecule has 0 saturated heterocycles. The molecule has 4 heterocycles. The van der Waals surface area contributed by atoms with Crippen LogP contribution < -0.4 is 26.2 Å². The van der Waals surface area contributed by atoms with E-state index >= 15 is 0 Å². The first-order valence-corrected chi connectivity index (χ1v) is 34.2. The van der Waals surface area contributed by atoms with Crippen molar-refractivity contribution < 1.29 is 22.2 Å². The first kappa shape index (κ1) is 48.8. The summed E-state index contributed by atoms with van der Waals surface area (Å²) in [7, 11) is 0. The number of nitrogens with zero attached hydrogens (tertiary/aromatic N) is 3. The minimum absolute atomic E-state index is 0.0240. The molecule has 0 unspecified atom stereocenters. The summed E-state index contributed by atoms with van der Waals surface area (Å²) in [6.07, 6.45) is 0. The van der Waals surface area contributed by atoms with E-state index in [4.69, 9.17) is 14.0 Å². The van der Waals surface area contributed by atoms with E-state index in [-0.39, 0.29) is 72.4 Å². The second-order valence-electron chi connectivity index (χ2n) is 30.9. The van der Waals surface area contributed by atoms with Crippen LogP contribution in [0.15, 0.2) is 283 Å². The maximum absolute atomic E-state index is 9.58. The van der Waals surface area contributed by atoms with Gasteiger partial charge in [-0.15, -0.1) is 0 Å². The van der Waals surface area contributed by atoms with Crippen LogP contribution in [0.3, 0.4) is 0 Å². The Morgan fingerprint density at radius 3 is 1.20 bits per heavy atom. The van der Waals surface area contributed by atoms with Crippen molar-refractivity contribution in [1.82, 2.24) is 4.57 Å². The lowest BCUT2D eigenvalue weighted by molar-refractivity contribution is 0.568. The molecule has 5 heteroatoms. The van der Waals surface area contributed by atoms with Crippen LogP contribution in [0.4, 0.5) is 34.1 Å². The van der Waals surface area contributed by atoms with Crippen molar-refractivity contribution in [2.45, 2.75) is 105 Å². The normalized spacial score (nSPS) is 15.0. The molecule has 99 heavy (non-hydrogen) atoms. The zero-order chi connectivity index (χ0) is 79.3. The Morgan fingerprint density at radius 2 is 0.697 bits per heavy atom. The van der Waals surface area contributed by atoms with Gasteiger partial charge < -0.3 is 18.8 Å². The van der Waals surface area contributed by atoms with Gasteiger partial charge in [-0.05, 0) is 183 Å². The highest BCUT2D eigenvalue weighted by molar-refractivity contribution is 7.00. The number of aromatic nitrogens is 1. The zero-order valence-electron chi connectivity index (χ0n) is 70.9. The Labute approximate surface area is 601 Å². The van der Waals surface area contributed by atoms with Gasteiger partial charge in [0, 0.05) is 50.0 Å². The number of rotatable bonds is 8. The van der Waals surface area contributed by atoms with E-state index in [2.05, 4.69) is 226 Å². The van der Waals surface area contributed by atoms with Crippen molar-refractivity contribution >= 4 is 101 Å². The summed E-state index contributed by atoms with van der Waals surface area (Å²) in [4.78, 5) is 4.66. The minimum Gasteiger partial charge on any atom is -0.452 e. The number of fused-ring (bicyclic) bond motifs is 10. The van der Waals surface area contributed by atoms with E-state index < -0.39 is 73.2 Å². The number of anilines is 6. The molecule has 482 valence electrons. The van der Waals surface area contributed by atoms with Crippen molar-refractivity contribution in [3.05, 3.63) is 301 Å². The quantitative estimate of drug-likeness (QED) is 0.142. The fraction of sp³-hybridized carbons (Fsp3) is 0.170. The van der Waals surface area contributed by atoms with Crippen molar-refractivity contribution in [2.24, 2.45) is 0 Å². The monoisotopic (exact) mass is 1290 g/mol. The number of para-hydroxylation sites is 4. The van der Waals surface area contributed by atoms with E-state index in [9.17, 15) is 8.22 Å². The average Bonchev–Trinajstić information content (AvgIpc) is 0.844. The van der Waals surface area contributed by atoms with Crippen LogP contribution in [0.25, 0.3) is 105 Å². The molecule has 15 aromatic rings. The summed E-state index contributed by atoms with van der Waals surface area (Å²) in [5.74, 6) is 0. The summed E-state index contributed by atoms with van der Waals surface area (Å²) < 4.78 is 129. The van der Waals surface area contributed by atoms with Gasteiger partial charge in [-0.2, -0.15) is 0 Å². The molecule has 17 rings (SSSR count). The lowest BCUT2D eigenvalue weighted by Crippen LogP contribution is -2.61. The Hall–Kier alpha value is -10.9. The average molecular weight is 1290 g/mol. The van der Waals surface area contributed by atoms with Crippen molar-refractivity contribution in [1.29, 1.82) is 0 Å². The highest BCUT2D eigenvalue weighted by Crippen LogP contribution is 2.52. The molecular formula is C94H82BN3O. The number of hydrogen-bond donors (Lipinski definition) is 0.